The molecule has 0 saturated heterocycles. The van der Waals surface area contributed by atoms with Gasteiger partial charge in [0.1, 0.15) is 24.1 Å². The minimum absolute atomic E-state index is 0.0662. The van der Waals surface area contributed by atoms with Crippen molar-refractivity contribution in [3.63, 3.8) is 0 Å². The molecule has 0 fully saturated rings. The molecule has 0 bridgehead atoms. The summed E-state index contributed by atoms with van der Waals surface area (Å²) in [5.74, 6) is -0.961. The first-order valence-electron chi connectivity index (χ1n) is 12.2. The van der Waals surface area contributed by atoms with E-state index in [1.807, 2.05) is 66.7 Å². The summed E-state index contributed by atoms with van der Waals surface area (Å²) in [4.78, 5) is 37.8. The van der Waals surface area contributed by atoms with Crippen LogP contribution in [0.2, 0.25) is 0 Å². The molecule has 2 amide bonds. The average molecular weight is 527 g/mol. The molecule has 192 valence electrons. The van der Waals surface area contributed by atoms with E-state index in [-0.39, 0.29) is 19.1 Å². The molecule has 38 heavy (non-hydrogen) atoms. The summed E-state index contributed by atoms with van der Waals surface area (Å²) in [6.45, 7) is 1.90. The summed E-state index contributed by atoms with van der Waals surface area (Å²) in [5.41, 5.74) is 5.40. The van der Waals surface area contributed by atoms with E-state index in [0.717, 1.165) is 39.2 Å². The minimum atomic E-state index is -0.846. The Morgan fingerprint density at radius 2 is 1.45 bits per heavy atom. The molecule has 1 aliphatic rings. The molecule has 1 aromatic heterocycles. The van der Waals surface area contributed by atoms with Crippen LogP contribution in [-0.4, -0.2) is 30.6 Å². The van der Waals surface area contributed by atoms with Gasteiger partial charge in [-0.1, -0.05) is 78.9 Å². The van der Waals surface area contributed by atoms with Crippen molar-refractivity contribution in [2.75, 3.05) is 11.9 Å². The molecule has 5 rings (SSSR count). The topological polar surface area (TPSA) is 93.7 Å². The standard InChI is InChI=1S/C30H26N2O5S/c1-19(28(33)32-27-16-15-26(38-27)29(34)36-17-20-9-3-2-4-10-20)31-30(35)37-18-25-23-13-7-5-11-21(23)22-12-6-8-14-24(22)25/h2-16,19,25H,17-18H2,1H3,(H,31,35)(H,32,33)/t19-/m0/s1. The molecular formula is C30H26N2O5S. The fraction of sp³-hybridized carbons (Fsp3) is 0.167. The minimum Gasteiger partial charge on any atom is -0.457 e. The van der Waals surface area contributed by atoms with E-state index < -0.39 is 24.0 Å². The lowest BCUT2D eigenvalue weighted by atomic mass is 9.98. The van der Waals surface area contributed by atoms with E-state index in [0.29, 0.717) is 9.88 Å². The molecule has 8 heteroatoms. The Labute approximate surface area is 224 Å². The van der Waals surface area contributed by atoms with Crippen LogP contribution >= 0.6 is 11.3 Å². The highest BCUT2D eigenvalue weighted by atomic mass is 32.1. The van der Waals surface area contributed by atoms with Gasteiger partial charge in [-0.15, -0.1) is 11.3 Å². The Hall–Kier alpha value is -4.43. The fourth-order valence-electron chi connectivity index (χ4n) is 4.42. The molecule has 0 radical (unpaired) electrons. The Balaban J connectivity index is 1.11. The number of carbonyl (C=O) groups excluding carboxylic acids is 3. The molecule has 1 heterocycles. The van der Waals surface area contributed by atoms with E-state index in [9.17, 15) is 14.4 Å². The third kappa shape index (κ3) is 5.60. The van der Waals surface area contributed by atoms with Gasteiger partial charge in [0.2, 0.25) is 5.91 Å². The highest BCUT2D eigenvalue weighted by Gasteiger charge is 2.29. The lowest BCUT2D eigenvalue weighted by molar-refractivity contribution is -0.117. The molecule has 0 unspecified atom stereocenters. The lowest BCUT2D eigenvalue weighted by Crippen LogP contribution is -2.42. The van der Waals surface area contributed by atoms with Gasteiger partial charge in [-0.05, 0) is 46.9 Å². The van der Waals surface area contributed by atoms with Crippen LogP contribution in [0.1, 0.15) is 39.2 Å². The Morgan fingerprint density at radius 3 is 2.13 bits per heavy atom. The summed E-state index contributed by atoms with van der Waals surface area (Å²) in [6, 6.07) is 27.9. The molecule has 0 spiro atoms. The second kappa shape index (κ2) is 11.3. The van der Waals surface area contributed by atoms with Crippen LogP contribution in [-0.2, 0) is 20.9 Å². The molecular weight excluding hydrogens is 500 g/mol. The van der Waals surface area contributed by atoms with E-state index in [1.165, 1.54) is 0 Å². The van der Waals surface area contributed by atoms with Gasteiger partial charge in [0.25, 0.3) is 0 Å². The zero-order chi connectivity index (χ0) is 26.5. The number of ether oxygens (including phenoxy) is 2. The molecule has 4 aromatic rings. The van der Waals surface area contributed by atoms with Gasteiger partial charge in [-0.3, -0.25) is 4.79 Å². The Kier molecular flexibility index (Phi) is 7.51. The smallest absolute Gasteiger partial charge is 0.407 e. The molecule has 0 aliphatic heterocycles. The van der Waals surface area contributed by atoms with Gasteiger partial charge < -0.3 is 20.1 Å². The molecule has 7 nitrogen and oxygen atoms in total. The van der Waals surface area contributed by atoms with Gasteiger partial charge in [0.15, 0.2) is 0 Å². The number of anilines is 1. The van der Waals surface area contributed by atoms with Crippen molar-refractivity contribution >= 4 is 34.3 Å². The summed E-state index contributed by atoms with van der Waals surface area (Å²) in [7, 11) is 0. The van der Waals surface area contributed by atoms with Crippen molar-refractivity contribution in [1.29, 1.82) is 0 Å². The monoisotopic (exact) mass is 526 g/mol. The highest BCUT2D eigenvalue weighted by molar-refractivity contribution is 7.18. The number of carbonyl (C=O) groups is 3. The molecule has 1 aliphatic carbocycles. The van der Waals surface area contributed by atoms with Gasteiger partial charge in [-0.2, -0.15) is 0 Å². The predicted molar refractivity (Wildman–Crippen MR) is 146 cm³/mol. The number of hydrogen-bond acceptors (Lipinski definition) is 6. The van der Waals surface area contributed by atoms with Crippen LogP contribution in [0.15, 0.2) is 91.0 Å². The van der Waals surface area contributed by atoms with Crippen molar-refractivity contribution in [1.82, 2.24) is 5.32 Å². The van der Waals surface area contributed by atoms with Crippen molar-refractivity contribution in [3.05, 3.63) is 113 Å². The molecule has 3 aromatic carbocycles. The second-order valence-electron chi connectivity index (χ2n) is 8.91. The van der Waals surface area contributed by atoms with Crippen molar-refractivity contribution in [2.45, 2.75) is 25.5 Å². The summed E-state index contributed by atoms with van der Waals surface area (Å²) in [6.07, 6.45) is -0.675. The SMILES string of the molecule is C[C@H](NC(=O)OCC1c2ccccc2-c2ccccc21)C(=O)Nc1ccc(C(=O)OCc2ccccc2)s1. The predicted octanol–water partition coefficient (Wildman–Crippen LogP) is 5.97. The number of rotatable bonds is 8. The van der Waals surface area contributed by atoms with Crippen molar-refractivity contribution in [3.8, 4) is 11.1 Å². The number of nitrogens with one attached hydrogen (secondary N) is 2. The quantitative estimate of drug-likeness (QED) is 0.276. The molecule has 1 atom stereocenters. The zero-order valence-electron chi connectivity index (χ0n) is 20.7. The zero-order valence-corrected chi connectivity index (χ0v) is 21.5. The van der Waals surface area contributed by atoms with Gasteiger partial charge in [0.05, 0.1) is 5.00 Å². The Bertz CT molecular complexity index is 1420. The number of alkyl carbamates (subject to hydrolysis) is 1. The van der Waals surface area contributed by atoms with E-state index in [4.69, 9.17) is 9.47 Å². The first-order valence-corrected chi connectivity index (χ1v) is 13.0. The van der Waals surface area contributed by atoms with Crippen molar-refractivity contribution in [2.24, 2.45) is 0 Å². The van der Waals surface area contributed by atoms with Crippen LogP contribution in [0, 0.1) is 0 Å². The lowest BCUT2D eigenvalue weighted by Gasteiger charge is -2.17. The normalized spacial score (nSPS) is 12.7. The largest absolute Gasteiger partial charge is 0.457 e. The first kappa shape index (κ1) is 25.2. The van der Waals surface area contributed by atoms with Crippen molar-refractivity contribution < 1.29 is 23.9 Å². The highest BCUT2D eigenvalue weighted by Crippen LogP contribution is 2.44. The van der Waals surface area contributed by atoms with Crippen LogP contribution in [0.3, 0.4) is 0 Å². The number of amides is 2. The first-order chi connectivity index (χ1) is 18.5. The van der Waals surface area contributed by atoms with Gasteiger partial charge >= 0.3 is 12.1 Å². The summed E-state index contributed by atoms with van der Waals surface area (Å²) < 4.78 is 10.9. The summed E-state index contributed by atoms with van der Waals surface area (Å²) in [5, 5.41) is 5.78. The maximum absolute atomic E-state index is 12.6. The average Bonchev–Trinajstić information content (AvgIpc) is 3.54. The number of thiophene rings is 1. The van der Waals surface area contributed by atoms with Crippen LogP contribution in [0.4, 0.5) is 9.80 Å². The van der Waals surface area contributed by atoms with Gasteiger partial charge in [0, 0.05) is 5.92 Å². The third-order valence-electron chi connectivity index (χ3n) is 6.34. The maximum Gasteiger partial charge on any atom is 0.407 e. The van der Waals surface area contributed by atoms with E-state index in [1.54, 1.807) is 19.1 Å². The van der Waals surface area contributed by atoms with Crippen LogP contribution in [0.25, 0.3) is 11.1 Å². The van der Waals surface area contributed by atoms with E-state index >= 15 is 0 Å². The number of hydrogen-bond donors (Lipinski definition) is 2. The van der Waals surface area contributed by atoms with Crippen LogP contribution in [0.5, 0.6) is 0 Å². The Morgan fingerprint density at radius 1 is 0.816 bits per heavy atom. The van der Waals surface area contributed by atoms with Gasteiger partial charge in [-0.25, -0.2) is 9.59 Å². The third-order valence-corrected chi connectivity index (χ3v) is 7.32. The molecule has 0 saturated carbocycles. The molecule has 2 N–H and O–H groups in total. The number of benzene rings is 3. The number of fused-ring (bicyclic) bond motifs is 3. The maximum atomic E-state index is 12.6. The fourth-order valence-corrected chi connectivity index (χ4v) is 5.22. The summed E-state index contributed by atoms with van der Waals surface area (Å²) >= 11 is 1.10. The van der Waals surface area contributed by atoms with E-state index in [2.05, 4.69) is 22.8 Å². The second-order valence-corrected chi connectivity index (χ2v) is 9.99. The number of esters is 1. The van der Waals surface area contributed by atoms with Crippen LogP contribution < -0.4 is 10.6 Å².